The molecule has 110 valence electrons. The van der Waals surface area contributed by atoms with Gasteiger partial charge in [-0.3, -0.25) is 9.59 Å². The molecule has 6 heteroatoms. The average Bonchev–Trinajstić information content (AvgIpc) is 2.82. The van der Waals surface area contributed by atoms with Gasteiger partial charge in [0.25, 0.3) is 0 Å². The van der Waals surface area contributed by atoms with E-state index in [9.17, 15) is 9.59 Å². The first-order valence-electron chi connectivity index (χ1n) is 6.50. The summed E-state index contributed by atoms with van der Waals surface area (Å²) in [5.41, 5.74) is 12.4. The van der Waals surface area contributed by atoms with E-state index in [2.05, 4.69) is 5.32 Å². The quantitative estimate of drug-likeness (QED) is 0.771. The Kier molecular flexibility index (Phi) is 5.98. The highest BCUT2D eigenvalue weighted by Crippen LogP contribution is 2.24. The Morgan fingerprint density at radius 3 is 2.65 bits per heavy atom. The van der Waals surface area contributed by atoms with Crippen LogP contribution in [0.5, 0.6) is 0 Å². The maximum Gasteiger partial charge on any atom is 0.248 e. The molecule has 1 aliphatic rings. The van der Waals surface area contributed by atoms with Crippen molar-refractivity contribution < 1.29 is 9.59 Å². The number of benzene rings is 1. The Labute approximate surface area is 124 Å². The van der Waals surface area contributed by atoms with E-state index in [1.54, 1.807) is 18.2 Å². The summed E-state index contributed by atoms with van der Waals surface area (Å²) in [6.45, 7) is 0.392. The van der Waals surface area contributed by atoms with E-state index in [0.29, 0.717) is 12.1 Å². The van der Waals surface area contributed by atoms with Gasteiger partial charge in [0.1, 0.15) is 0 Å². The number of primary amides is 1. The SMILES string of the molecule is Cl.NC(=O)c1cccc(CNC(=O)C2CCCC2N)c1. The highest BCUT2D eigenvalue weighted by molar-refractivity contribution is 5.92. The molecule has 5 N–H and O–H groups in total. The topological polar surface area (TPSA) is 98.2 Å². The molecule has 1 fully saturated rings. The number of carbonyl (C=O) groups is 2. The summed E-state index contributed by atoms with van der Waals surface area (Å²) in [5.74, 6) is -0.556. The summed E-state index contributed by atoms with van der Waals surface area (Å²) >= 11 is 0. The molecule has 0 bridgehead atoms. The lowest BCUT2D eigenvalue weighted by atomic mass is 10.0. The standard InChI is InChI=1S/C14H19N3O2.ClH/c15-12-6-2-5-11(12)14(19)17-8-9-3-1-4-10(7-9)13(16)18;/h1,3-4,7,11-12H,2,5-6,8,15H2,(H2,16,18)(H,17,19);1H. The third kappa shape index (κ3) is 3.95. The first-order chi connectivity index (χ1) is 9.08. The van der Waals surface area contributed by atoms with E-state index in [-0.39, 0.29) is 30.3 Å². The first kappa shape index (κ1) is 16.5. The minimum absolute atomic E-state index is 0. The second kappa shape index (κ2) is 7.26. The number of nitrogens with one attached hydrogen (secondary N) is 1. The Morgan fingerprint density at radius 2 is 2.05 bits per heavy atom. The number of amides is 2. The molecular formula is C14H20ClN3O2. The van der Waals surface area contributed by atoms with Crippen LogP contribution in [0.3, 0.4) is 0 Å². The molecule has 0 heterocycles. The third-order valence-electron chi connectivity index (χ3n) is 3.58. The highest BCUT2D eigenvalue weighted by Gasteiger charge is 2.29. The zero-order chi connectivity index (χ0) is 13.8. The second-order valence-corrected chi connectivity index (χ2v) is 4.98. The minimum Gasteiger partial charge on any atom is -0.366 e. The van der Waals surface area contributed by atoms with Crippen LogP contribution < -0.4 is 16.8 Å². The molecule has 1 aromatic rings. The molecule has 2 atom stereocenters. The van der Waals surface area contributed by atoms with Crippen LogP contribution in [0.15, 0.2) is 24.3 Å². The predicted molar refractivity (Wildman–Crippen MR) is 79.4 cm³/mol. The van der Waals surface area contributed by atoms with Crippen molar-refractivity contribution in [3.8, 4) is 0 Å². The molecule has 0 radical (unpaired) electrons. The van der Waals surface area contributed by atoms with Gasteiger partial charge in [-0.05, 0) is 30.5 Å². The summed E-state index contributed by atoms with van der Waals surface area (Å²) < 4.78 is 0. The number of hydrogen-bond donors (Lipinski definition) is 3. The van der Waals surface area contributed by atoms with Gasteiger partial charge in [-0.1, -0.05) is 18.6 Å². The molecule has 0 aliphatic heterocycles. The maximum atomic E-state index is 12.0. The lowest BCUT2D eigenvalue weighted by molar-refractivity contribution is -0.125. The van der Waals surface area contributed by atoms with Crippen molar-refractivity contribution in [1.29, 1.82) is 0 Å². The fraction of sp³-hybridized carbons (Fsp3) is 0.429. The smallest absolute Gasteiger partial charge is 0.248 e. The zero-order valence-electron chi connectivity index (χ0n) is 11.2. The van der Waals surface area contributed by atoms with Gasteiger partial charge in [0.15, 0.2) is 0 Å². The summed E-state index contributed by atoms with van der Waals surface area (Å²) in [4.78, 5) is 23.0. The van der Waals surface area contributed by atoms with E-state index in [1.807, 2.05) is 6.07 Å². The molecular weight excluding hydrogens is 278 g/mol. The average molecular weight is 298 g/mol. The van der Waals surface area contributed by atoms with Gasteiger partial charge in [0.05, 0.1) is 5.92 Å². The van der Waals surface area contributed by atoms with E-state index >= 15 is 0 Å². The summed E-state index contributed by atoms with van der Waals surface area (Å²) in [6.07, 6.45) is 2.78. The van der Waals surface area contributed by atoms with Crippen LogP contribution in [0.2, 0.25) is 0 Å². The van der Waals surface area contributed by atoms with Gasteiger partial charge in [-0.25, -0.2) is 0 Å². The number of halogens is 1. The molecule has 1 aliphatic carbocycles. The molecule has 0 spiro atoms. The summed E-state index contributed by atoms with van der Waals surface area (Å²) in [7, 11) is 0. The van der Waals surface area contributed by atoms with Crippen molar-refractivity contribution >= 4 is 24.2 Å². The molecule has 0 saturated heterocycles. The monoisotopic (exact) mass is 297 g/mol. The largest absolute Gasteiger partial charge is 0.366 e. The van der Waals surface area contributed by atoms with Crippen LogP contribution in [0.25, 0.3) is 0 Å². The molecule has 1 aromatic carbocycles. The van der Waals surface area contributed by atoms with Crippen molar-refractivity contribution in [1.82, 2.24) is 5.32 Å². The van der Waals surface area contributed by atoms with Crippen LogP contribution in [0.4, 0.5) is 0 Å². The maximum absolute atomic E-state index is 12.0. The molecule has 2 amide bonds. The van der Waals surface area contributed by atoms with Crippen molar-refractivity contribution in [2.75, 3.05) is 0 Å². The van der Waals surface area contributed by atoms with Gasteiger partial charge in [0, 0.05) is 18.2 Å². The van der Waals surface area contributed by atoms with E-state index in [4.69, 9.17) is 11.5 Å². The van der Waals surface area contributed by atoms with Crippen molar-refractivity contribution in [2.45, 2.75) is 31.8 Å². The van der Waals surface area contributed by atoms with Crippen molar-refractivity contribution in [2.24, 2.45) is 17.4 Å². The van der Waals surface area contributed by atoms with Crippen LogP contribution in [-0.4, -0.2) is 17.9 Å². The predicted octanol–water partition coefficient (Wildman–Crippen LogP) is 0.951. The van der Waals surface area contributed by atoms with Gasteiger partial charge in [-0.2, -0.15) is 0 Å². The number of nitrogens with two attached hydrogens (primary N) is 2. The normalized spacial score (nSPS) is 21.1. The van der Waals surface area contributed by atoms with Crippen LogP contribution in [0, 0.1) is 5.92 Å². The summed E-state index contributed by atoms with van der Waals surface area (Å²) in [6, 6.07) is 6.92. The molecule has 0 aromatic heterocycles. The fourth-order valence-electron chi connectivity index (χ4n) is 2.47. The fourth-order valence-corrected chi connectivity index (χ4v) is 2.47. The Bertz CT molecular complexity index is 493. The lowest BCUT2D eigenvalue weighted by Crippen LogP contribution is -2.38. The molecule has 5 nitrogen and oxygen atoms in total. The van der Waals surface area contributed by atoms with Crippen molar-refractivity contribution in [3.05, 3.63) is 35.4 Å². The van der Waals surface area contributed by atoms with E-state index < -0.39 is 5.91 Å². The summed E-state index contributed by atoms with van der Waals surface area (Å²) in [5, 5.41) is 2.87. The van der Waals surface area contributed by atoms with Gasteiger partial charge >= 0.3 is 0 Å². The molecule has 2 unspecified atom stereocenters. The number of hydrogen-bond acceptors (Lipinski definition) is 3. The molecule has 2 rings (SSSR count). The van der Waals surface area contributed by atoms with Gasteiger partial charge in [-0.15, -0.1) is 12.4 Å². The highest BCUT2D eigenvalue weighted by atomic mass is 35.5. The lowest BCUT2D eigenvalue weighted by Gasteiger charge is -2.15. The molecule has 1 saturated carbocycles. The van der Waals surface area contributed by atoms with Crippen molar-refractivity contribution in [3.63, 3.8) is 0 Å². The van der Waals surface area contributed by atoms with Gasteiger partial charge < -0.3 is 16.8 Å². The van der Waals surface area contributed by atoms with Crippen LogP contribution >= 0.6 is 12.4 Å². The Balaban J connectivity index is 0.00000200. The third-order valence-corrected chi connectivity index (χ3v) is 3.58. The minimum atomic E-state index is -0.467. The van der Waals surface area contributed by atoms with Crippen LogP contribution in [0.1, 0.15) is 35.2 Å². The molecule has 20 heavy (non-hydrogen) atoms. The Hall–Kier alpha value is -1.59. The number of rotatable bonds is 4. The van der Waals surface area contributed by atoms with Crippen LogP contribution in [-0.2, 0) is 11.3 Å². The van der Waals surface area contributed by atoms with E-state index in [1.165, 1.54) is 0 Å². The van der Waals surface area contributed by atoms with Gasteiger partial charge in [0.2, 0.25) is 11.8 Å². The second-order valence-electron chi connectivity index (χ2n) is 4.98. The Morgan fingerprint density at radius 1 is 1.30 bits per heavy atom. The first-order valence-corrected chi connectivity index (χ1v) is 6.50. The van der Waals surface area contributed by atoms with E-state index in [0.717, 1.165) is 24.8 Å². The zero-order valence-corrected chi connectivity index (χ0v) is 12.0. The number of carbonyl (C=O) groups excluding carboxylic acids is 2.